The van der Waals surface area contributed by atoms with Crippen molar-refractivity contribution < 1.29 is 14.3 Å². The van der Waals surface area contributed by atoms with Crippen LogP contribution in [0.4, 0.5) is 0 Å². The Morgan fingerprint density at radius 3 is 2.86 bits per heavy atom. The summed E-state index contributed by atoms with van der Waals surface area (Å²) in [5.41, 5.74) is 1.53. The first-order valence-corrected chi connectivity index (χ1v) is 7.92. The number of amides is 1. The summed E-state index contributed by atoms with van der Waals surface area (Å²) in [6.07, 6.45) is 0.702. The first-order chi connectivity index (χ1) is 10.6. The Morgan fingerprint density at radius 1 is 1.18 bits per heavy atom. The summed E-state index contributed by atoms with van der Waals surface area (Å²) in [5, 5.41) is 3.30. The number of carbonyl (C=O) groups is 1. The van der Waals surface area contributed by atoms with Crippen LogP contribution in [0.2, 0.25) is 5.02 Å². The largest absolute Gasteiger partial charge is 0.454 e. The van der Waals surface area contributed by atoms with Gasteiger partial charge in [0.05, 0.1) is 10.6 Å². The van der Waals surface area contributed by atoms with E-state index in [-0.39, 0.29) is 12.7 Å². The van der Waals surface area contributed by atoms with Crippen LogP contribution in [0.25, 0.3) is 0 Å². The van der Waals surface area contributed by atoms with E-state index in [1.54, 1.807) is 18.2 Å². The van der Waals surface area contributed by atoms with Crippen LogP contribution in [0.5, 0.6) is 11.5 Å². The van der Waals surface area contributed by atoms with Gasteiger partial charge in [-0.15, -0.1) is 0 Å². The number of rotatable bonds is 4. The summed E-state index contributed by atoms with van der Waals surface area (Å²) < 4.78 is 11.4. The highest BCUT2D eigenvalue weighted by Gasteiger charge is 2.14. The molecule has 22 heavy (non-hydrogen) atoms. The molecule has 1 amide bonds. The van der Waals surface area contributed by atoms with Crippen LogP contribution in [0, 0.1) is 0 Å². The molecule has 1 N–H and O–H groups in total. The molecule has 6 heteroatoms. The van der Waals surface area contributed by atoms with Crippen LogP contribution in [-0.4, -0.2) is 19.2 Å². The van der Waals surface area contributed by atoms with E-state index >= 15 is 0 Å². The van der Waals surface area contributed by atoms with Crippen molar-refractivity contribution in [3.05, 3.63) is 57.0 Å². The molecule has 3 rings (SSSR count). The molecule has 0 spiro atoms. The lowest BCUT2D eigenvalue weighted by Crippen LogP contribution is -2.26. The van der Waals surface area contributed by atoms with E-state index in [0.29, 0.717) is 23.6 Å². The number of ether oxygens (including phenoxy) is 2. The number of hydrogen-bond donors (Lipinski definition) is 1. The summed E-state index contributed by atoms with van der Waals surface area (Å²) >= 11 is 9.37. The van der Waals surface area contributed by atoms with Crippen molar-refractivity contribution in [2.45, 2.75) is 6.42 Å². The van der Waals surface area contributed by atoms with E-state index in [4.69, 9.17) is 21.1 Å². The second kappa shape index (κ2) is 6.58. The highest BCUT2D eigenvalue weighted by Crippen LogP contribution is 2.32. The number of benzene rings is 2. The standard InChI is InChI=1S/C16H13BrClNO3/c17-11-2-3-13(18)12(8-11)16(20)19-6-5-10-1-4-14-15(7-10)22-9-21-14/h1-4,7-8H,5-6,9H2,(H,19,20). The lowest BCUT2D eigenvalue weighted by molar-refractivity contribution is 0.0954. The van der Waals surface area contributed by atoms with Gasteiger partial charge in [0.1, 0.15) is 0 Å². The second-order valence-electron chi connectivity index (χ2n) is 4.82. The van der Waals surface area contributed by atoms with E-state index in [2.05, 4.69) is 21.2 Å². The van der Waals surface area contributed by atoms with Crippen molar-refractivity contribution in [1.29, 1.82) is 0 Å². The monoisotopic (exact) mass is 381 g/mol. The van der Waals surface area contributed by atoms with Gasteiger partial charge in [-0.1, -0.05) is 33.6 Å². The molecular formula is C16H13BrClNO3. The van der Waals surface area contributed by atoms with Crippen molar-refractivity contribution >= 4 is 33.4 Å². The Hall–Kier alpha value is -1.72. The maximum atomic E-state index is 12.1. The van der Waals surface area contributed by atoms with Gasteiger partial charge in [0.15, 0.2) is 11.5 Å². The van der Waals surface area contributed by atoms with Gasteiger partial charge in [0, 0.05) is 11.0 Å². The summed E-state index contributed by atoms with van der Waals surface area (Å²) in [6, 6.07) is 11.0. The van der Waals surface area contributed by atoms with Crippen molar-refractivity contribution in [3.8, 4) is 11.5 Å². The zero-order chi connectivity index (χ0) is 15.5. The molecule has 2 aromatic rings. The van der Waals surface area contributed by atoms with Gasteiger partial charge in [-0.05, 0) is 42.3 Å². The van der Waals surface area contributed by atoms with E-state index in [9.17, 15) is 4.79 Å². The number of carbonyl (C=O) groups excluding carboxylic acids is 1. The van der Waals surface area contributed by atoms with Crippen LogP contribution in [0.3, 0.4) is 0 Å². The fraction of sp³-hybridized carbons (Fsp3) is 0.188. The Bertz CT molecular complexity index is 721. The molecule has 1 heterocycles. The van der Waals surface area contributed by atoms with Crippen LogP contribution in [0.1, 0.15) is 15.9 Å². The molecule has 0 atom stereocenters. The number of halogens is 2. The third-order valence-corrected chi connectivity index (χ3v) is 4.13. The normalized spacial score (nSPS) is 12.3. The molecule has 0 aromatic heterocycles. The highest BCUT2D eigenvalue weighted by atomic mass is 79.9. The SMILES string of the molecule is O=C(NCCc1ccc2c(c1)OCO2)c1cc(Br)ccc1Cl. The third-order valence-electron chi connectivity index (χ3n) is 3.31. The number of hydrogen-bond acceptors (Lipinski definition) is 3. The molecule has 0 saturated carbocycles. The van der Waals surface area contributed by atoms with Gasteiger partial charge >= 0.3 is 0 Å². The summed E-state index contributed by atoms with van der Waals surface area (Å²) in [4.78, 5) is 12.1. The average Bonchev–Trinajstić information content (AvgIpc) is 2.97. The maximum Gasteiger partial charge on any atom is 0.252 e. The van der Waals surface area contributed by atoms with Crippen molar-refractivity contribution in [3.63, 3.8) is 0 Å². The zero-order valence-corrected chi connectivity index (χ0v) is 13.9. The lowest BCUT2D eigenvalue weighted by atomic mass is 10.1. The van der Waals surface area contributed by atoms with Crippen molar-refractivity contribution in [1.82, 2.24) is 5.32 Å². The number of fused-ring (bicyclic) bond motifs is 1. The Morgan fingerprint density at radius 2 is 2.00 bits per heavy atom. The molecule has 0 radical (unpaired) electrons. The van der Waals surface area contributed by atoms with E-state index in [1.807, 2.05) is 18.2 Å². The van der Waals surface area contributed by atoms with Gasteiger partial charge in [-0.3, -0.25) is 4.79 Å². The van der Waals surface area contributed by atoms with Gasteiger partial charge in [-0.2, -0.15) is 0 Å². The molecular weight excluding hydrogens is 370 g/mol. The van der Waals surface area contributed by atoms with Crippen LogP contribution < -0.4 is 14.8 Å². The van der Waals surface area contributed by atoms with E-state index < -0.39 is 0 Å². The molecule has 0 unspecified atom stereocenters. The van der Waals surface area contributed by atoms with Crippen LogP contribution in [0.15, 0.2) is 40.9 Å². The van der Waals surface area contributed by atoms with Crippen LogP contribution in [-0.2, 0) is 6.42 Å². The molecule has 0 saturated heterocycles. The molecule has 114 valence electrons. The van der Waals surface area contributed by atoms with E-state index in [1.165, 1.54) is 0 Å². The molecule has 0 bridgehead atoms. The van der Waals surface area contributed by atoms with E-state index in [0.717, 1.165) is 21.5 Å². The fourth-order valence-electron chi connectivity index (χ4n) is 2.18. The van der Waals surface area contributed by atoms with Crippen molar-refractivity contribution in [2.24, 2.45) is 0 Å². The minimum absolute atomic E-state index is 0.188. The minimum atomic E-state index is -0.188. The Labute approximate surface area is 141 Å². The Kier molecular flexibility index (Phi) is 4.55. The molecule has 0 aliphatic carbocycles. The topological polar surface area (TPSA) is 47.6 Å². The van der Waals surface area contributed by atoms with Crippen molar-refractivity contribution in [2.75, 3.05) is 13.3 Å². The first-order valence-electron chi connectivity index (χ1n) is 6.75. The maximum absolute atomic E-state index is 12.1. The molecule has 1 aliphatic heterocycles. The summed E-state index contributed by atoms with van der Waals surface area (Å²) in [6.45, 7) is 0.776. The summed E-state index contributed by atoms with van der Waals surface area (Å²) in [5.74, 6) is 1.32. The number of nitrogens with one attached hydrogen (secondary N) is 1. The second-order valence-corrected chi connectivity index (χ2v) is 6.14. The molecule has 1 aliphatic rings. The fourth-order valence-corrected chi connectivity index (χ4v) is 2.75. The highest BCUT2D eigenvalue weighted by molar-refractivity contribution is 9.10. The first kappa shape index (κ1) is 15.2. The predicted molar refractivity (Wildman–Crippen MR) is 87.8 cm³/mol. The molecule has 0 fully saturated rings. The van der Waals surface area contributed by atoms with Gasteiger partial charge in [0.25, 0.3) is 5.91 Å². The van der Waals surface area contributed by atoms with Crippen LogP contribution >= 0.6 is 27.5 Å². The van der Waals surface area contributed by atoms with Gasteiger partial charge in [-0.25, -0.2) is 0 Å². The molecule has 4 nitrogen and oxygen atoms in total. The average molecular weight is 383 g/mol. The summed E-state index contributed by atoms with van der Waals surface area (Å²) in [7, 11) is 0. The Balaban J connectivity index is 1.59. The predicted octanol–water partition coefficient (Wildman–Crippen LogP) is 3.80. The van der Waals surface area contributed by atoms with Gasteiger partial charge < -0.3 is 14.8 Å². The quantitative estimate of drug-likeness (QED) is 0.875. The minimum Gasteiger partial charge on any atom is -0.454 e. The lowest BCUT2D eigenvalue weighted by Gasteiger charge is -2.08. The smallest absolute Gasteiger partial charge is 0.252 e. The zero-order valence-electron chi connectivity index (χ0n) is 11.6. The third kappa shape index (κ3) is 3.36. The molecule has 2 aromatic carbocycles. The van der Waals surface area contributed by atoms with Gasteiger partial charge in [0.2, 0.25) is 6.79 Å².